The van der Waals surface area contributed by atoms with E-state index < -0.39 is 5.92 Å². The zero-order valence-electron chi connectivity index (χ0n) is 11.5. The van der Waals surface area contributed by atoms with Crippen molar-refractivity contribution < 1.29 is 9.90 Å². The number of hydrogen-bond acceptors (Lipinski definition) is 6. The molecule has 1 heterocycles. The number of benzene rings is 1. The molecule has 0 radical (unpaired) electrons. The van der Waals surface area contributed by atoms with Crippen molar-refractivity contribution in [3.63, 3.8) is 0 Å². The monoisotopic (exact) mass is 292 g/mol. The van der Waals surface area contributed by atoms with Gasteiger partial charge in [-0.3, -0.25) is 4.79 Å². The number of allylic oxidation sites excluding steroid dienone is 3. The third-order valence-corrected chi connectivity index (χ3v) is 3.09. The lowest BCUT2D eigenvalue weighted by atomic mass is 9.95. The van der Waals surface area contributed by atoms with Crippen molar-refractivity contribution in [3.8, 4) is 0 Å². The van der Waals surface area contributed by atoms with E-state index in [0.29, 0.717) is 11.5 Å². The normalized spacial score (nSPS) is 18.2. The smallest absolute Gasteiger partial charge is 0.201 e. The second kappa shape index (κ2) is 6.09. The van der Waals surface area contributed by atoms with Crippen molar-refractivity contribution in [1.29, 1.82) is 0 Å². The molecule has 0 saturated carbocycles. The number of ketones is 1. The van der Waals surface area contributed by atoms with Gasteiger partial charge in [0.1, 0.15) is 17.5 Å². The Morgan fingerprint density at radius 1 is 1.00 bits per heavy atom. The van der Waals surface area contributed by atoms with Gasteiger partial charge >= 0.3 is 0 Å². The van der Waals surface area contributed by atoms with E-state index in [0.717, 1.165) is 0 Å². The summed E-state index contributed by atoms with van der Waals surface area (Å²) in [5.41, 5.74) is 0.501. The minimum atomic E-state index is -0.665. The second-order valence-electron chi connectivity index (χ2n) is 4.58. The van der Waals surface area contributed by atoms with E-state index in [2.05, 4.69) is 20.2 Å². The third-order valence-electron chi connectivity index (χ3n) is 3.09. The Bertz CT molecular complexity index is 767. The number of aliphatic hydroxyl groups is 1. The van der Waals surface area contributed by atoms with Crippen molar-refractivity contribution in [1.82, 2.24) is 9.97 Å². The quantitative estimate of drug-likeness (QED) is 0.879. The van der Waals surface area contributed by atoms with Crippen LogP contribution in [-0.2, 0) is 4.79 Å². The number of rotatable bonds is 3. The van der Waals surface area contributed by atoms with Crippen LogP contribution in [0.5, 0.6) is 0 Å². The lowest BCUT2D eigenvalue weighted by molar-refractivity contribution is -0.116. The molecule has 2 aromatic rings. The SMILES string of the molecule is O=C1C(N=Nc2ccccc2)=C(O)C=CC1c1ncccn1. The zero-order chi connectivity index (χ0) is 15.4. The maximum absolute atomic E-state index is 12.5. The summed E-state index contributed by atoms with van der Waals surface area (Å²) in [6.45, 7) is 0. The molecule has 1 N–H and O–H groups in total. The van der Waals surface area contributed by atoms with Gasteiger partial charge in [-0.25, -0.2) is 9.97 Å². The van der Waals surface area contributed by atoms with E-state index in [9.17, 15) is 9.90 Å². The van der Waals surface area contributed by atoms with Gasteiger partial charge in [-0.2, -0.15) is 5.11 Å². The number of Topliss-reactive ketones (excluding diaryl/α,β-unsaturated/α-hetero) is 1. The molecule has 0 spiro atoms. The van der Waals surface area contributed by atoms with E-state index in [4.69, 9.17) is 0 Å². The van der Waals surface area contributed by atoms with Gasteiger partial charge in [-0.15, -0.1) is 5.11 Å². The van der Waals surface area contributed by atoms with E-state index in [1.54, 1.807) is 36.7 Å². The summed E-state index contributed by atoms with van der Waals surface area (Å²) in [4.78, 5) is 20.6. The molecule has 3 rings (SSSR count). The summed E-state index contributed by atoms with van der Waals surface area (Å²) in [5, 5.41) is 17.7. The first-order valence-corrected chi connectivity index (χ1v) is 6.65. The Balaban J connectivity index is 1.89. The summed E-state index contributed by atoms with van der Waals surface area (Å²) in [6, 6.07) is 10.7. The van der Waals surface area contributed by atoms with E-state index >= 15 is 0 Å². The van der Waals surface area contributed by atoms with Gasteiger partial charge in [0.25, 0.3) is 0 Å². The van der Waals surface area contributed by atoms with Gasteiger partial charge in [-0.1, -0.05) is 24.3 Å². The van der Waals surface area contributed by atoms with Crippen LogP contribution in [0.15, 0.2) is 82.6 Å². The molecular weight excluding hydrogens is 280 g/mol. The summed E-state index contributed by atoms with van der Waals surface area (Å²) in [7, 11) is 0. The molecule has 1 aromatic heterocycles. The fraction of sp³-hybridized carbons (Fsp3) is 0.0625. The molecule has 1 aromatic carbocycles. The molecule has 1 atom stereocenters. The number of azo groups is 1. The maximum atomic E-state index is 12.5. The molecule has 0 saturated heterocycles. The molecule has 0 amide bonds. The van der Waals surface area contributed by atoms with Crippen LogP contribution >= 0.6 is 0 Å². The highest BCUT2D eigenvalue weighted by atomic mass is 16.3. The van der Waals surface area contributed by atoms with Gasteiger partial charge in [0.05, 0.1) is 5.69 Å². The second-order valence-corrected chi connectivity index (χ2v) is 4.58. The van der Waals surface area contributed by atoms with Gasteiger partial charge in [0.15, 0.2) is 5.70 Å². The van der Waals surface area contributed by atoms with Crippen molar-refractivity contribution in [2.45, 2.75) is 5.92 Å². The summed E-state index contributed by atoms with van der Waals surface area (Å²) in [5.74, 6) is -0.895. The van der Waals surface area contributed by atoms with Crippen LogP contribution in [0.2, 0.25) is 0 Å². The molecule has 0 fully saturated rings. The van der Waals surface area contributed by atoms with Crippen LogP contribution in [-0.4, -0.2) is 20.9 Å². The highest BCUT2D eigenvalue weighted by molar-refractivity contribution is 6.02. The minimum absolute atomic E-state index is 0.0937. The Kier molecular flexibility index (Phi) is 3.82. The Morgan fingerprint density at radius 2 is 1.73 bits per heavy atom. The summed E-state index contributed by atoms with van der Waals surface area (Å²) < 4.78 is 0. The lowest BCUT2D eigenvalue weighted by Crippen LogP contribution is -2.18. The average Bonchev–Trinajstić information content (AvgIpc) is 2.56. The van der Waals surface area contributed by atoms with Gasteiger partial charge < -0.3 is 5.11 Å². The predicted octanol–water partition coefficient (Wildman–Crippen LogP) is 3.25. The van der Waals surface area contributed by atoms with Crippen LogP contribution < -0.4 is 0 Å². The molecule has 0 bridgehead atoms. The lowest BCUT2D eigenvalue weighted by Gasteiger charge is -2.14. The van der Waals surface area contributed by atoms with Crippen molar-refractivity contribution in [3.05, 3.63) is 78.2 Å². The molecule has 6 heteroatoms. The molecule has 1 unspecified atom stereocenters. The van der Waals surface area contributed by atoms with Crippen molar-refractivity contribution in [2.24, 2.45) is 10.2 Å². The zero-order valence-corrected chi connectivity index (χ0v) is 11.5. The standard InChI is InChI=1S/C16H12N4O2/c21-13-8-7-12(16-17-9-4-10-18-16)15(22)14(13)20-19-11-5-2-1-3-6-11/h1-10,12,21H. The average molecular weight is 292 g/mol. The molecule has 0 aliphatic heterocycles. The first-order chi connectivity index (χ1) is 10.8. The fourth-order valence-corrected chi connectivity index (χ4v) is 2.00. The largest absolute Gasteiger partial charge is 0.505 e. The molecule has 6 nitrogen and oxygen atoms in total. The number of carbonyl (C=O) groups is 1. The number of aliphatic hydroxyl groups excluding tert-OH is 1. The number of carbonyl (C=O) groups excluding carboxylic acids is 1. The number of aromatic nitrogens is 2. The van der Waals surface area contributed by atoms with Crippen molar-refractivity contribution in [2.75, 3.05) is 0 Å². The minimum Gasteiger partial charge on any atom is -0.505 e. The Labute approximate surface area is 126 Å². The van der Waals surface area contributed by atoms with Crippen LogP contribution in [0.3, 0.4) is 0 Å². The van der Waals surface area contributed by atoms with Gasteiger partial charge in [-0.05, 0) is 24.3 Å². The Hall–Kier alpha value is -3.15. The molecule has 1 aliphatic carbocycles. The highest BCUT2D eigenvalue weighted by Crippen LogP contribution is 2.27. The number of hydrogen-bond donors (Lipinski definition) is 1. The van der Waals surface area contributed by atoms with Crippen LogP contribution in [0, 0.1) is 0 Å². The van der Waals surface area contributed by atoms with Gasteiger partial charge in [0, 0.05) is 12.4 Å². The summed E-state index contributed by atoms with van der Waals surface area (Å²) in [6.07, 6.45) is 6.09. The van der Waals surface area contributed by atoms with Gasteiger partial charge in [0.2, 0.25) is 5.78 Å². The summed E-state index contributed by atoms with van der Waals surface area (Å²) >= 11 is 0. The predicted molar refractivity (Wildman–Crippen MR) is 79.5 cm³/mol. The van der Waals surface area contributed by atoms with E-state index in [-0.39, 0.29) is 17.2 Å². The maximum Gasteiger partial charge on any atom is 0.201 e. The molecule has 108 valence electrons. The first-order valence-electron chi connectivity index (χ1n) is 6.65. The fourth-order valence-electron chi connectivity index (χ4n) is 2.00. The van der Waals surface area contributed by atoms with E-state index in [1.165, 1.54) is 6.08 Å². The molecular formula is C16H12N4O2. The van der Waals surface area contributed by atoms with Crippen molar-refractivity contribution >= 4 is 11.5 Å². The molecule has 1 aliphatic rings. The first kappa shape index (κ1) is 13.8. The van der Waals surface area contributed by atoms with Crippen LogP contribution in [0.1, 0.15) is 11.7 Å². The number of nitrogens with zero attached hydrogens (tertiary/aromatic N) is 4. The topological polar surface area (TPSA) is 87.8 Å². The third kappa shape index (κ3) is 2.80. The van der Waals surface area contributed by atoms with E-state index in [1.807, 2.05) is 18.2 Å². The Morgan fingerprint density at radius 3 is 2.45 bits per heavy atom. The highest BCUT2D eigenvalue weighted by Gasteiger charge is 2.29. The van der Waals surface area contributed by atoms with Crippen LogP contribution in [0.4, 0.5) is 5.69 Å². The van der Waals surface area contributed by atoms with Crippen LogP contribution in [0.25, 0.3) is 0 Å². The molecule has 22 heavy (non-hydrogen) atoms.